The second-order valence-electron chi connectivity index (χ2n) is 13.5. The Morgan fingerprint density at radius 3 is 1.35 bits per heavy atom. The first kappa shape index (κ1) is 38.2. The lowest BCUT2D eigenvalue weighted by atomic mass is 9.83. The molecule has 0 spiro atoms. The summed E-state index contributed by atoms with van der Waals surface area (Å²) in [6, 6.07) is 14.1. The Labute approximate surface area is 313 Å². The van der Waals surface area contributed by atoms with Crippen LogP contribution < -0.4 is 0 Å². The van der Waals surface area contributed by atoms with E-state index < -0.39 is 11.9 Å². The van der Waals surface area contributed by atoms with E-state index in [9.17, 15) is 28.8 Å². The van der Waals surface area contributed by atoms with Crippen LogP contribution in [-0.4, -0.2) is 73.6 Å². The summed E-state index contributed by atoms with van der Waals surface area (Å²) in [5.41, 5.74) is 1.23. The molecule has 282 valence electrons. The van der Waals surface area contributed by atoms with Crippen LogP contribution in [0.2, 0.25) is 0 Å². The number of benzene rings is 5. The molecule has 0 aliphatic carbocycles. The van der Waals surface area contributed by atoms with Gasteiger partial charge in [-0.25, -0.2) is 9.59 Å². The third-order valence-electron chi connectivity index (χ3n) is 9.76. The van der Waals surface area contributed by atoms with Crippen LogP contribution in [0.4, 0.5) is 0 Å². The van der Waals surface area contributed by atoms with Crippen molar-refractivity contribution in [3.8, 4) is 0 Å². The second-order valence-corrected chi connectivity index (χ2v) is 13.5. The van der Waals surface area contributed by atoms with Gasteiger partial charge in [0.2, 0.25) is 0 Å². The summed E-state index contributed by atoms with van der Waals surface area (Å²) in [5, 5.41) is 5.29. The van der Waals surface area contributed by atoms with Crippen LogP contribution in [0.25, 0.3) is 43.1 Å². The SMILES string of the molecule is CCCCCN1C(=O)c2ccc3c4ccc(C(=O)OCCCOC(=O)CCC)c5c(C(=O)OCCCOC(=O)CCC)ccc(c6ccc(c2c36)C1=O)c54. The van der Waals surface area contributed by atoms with Gasteiger partial charge in [-0.1, -0.05) is 57.9 Å². The van der Waals surface area contributed by atoms with Gasteiger partial charge in [0.25, 0.3) is 11.8 Å². The minimum atomic E-state index is -0.661. The Hall–Kier alpha value is -5.58. The Bertz CT molecular complexity index is 2110. The van der Waals surface area contributed by atoms with Crippen LogP contribution in [0, 0.1) is 0 Å². The molecule has 0 bridgehead atoms. The molecule has 54 heavy (non-hydrogen) atoms. The first-order valence-electron chi connectivity index (χ1n) is 18.9. The van der Waals surface area contributed by atoms with E-state index in [4.69, 9.17) is 18.9 Å². The van der Waals surface area contributed by atoms with Crippen molar-refractivity contribution in [1.29, 1.82) is 0 Å². The molecule has 6 rings (SSSR count). The lowest BCUT2D eigenvalue weighted by molar-refractivity contribution is -0.144. The fourth-order valence-electron chi connectivity index (χ4n) is 7.22. The van der Waals surface area contributed by atoms with Crippen molar-refractivity contribution in [3.63, 3.8) is 0 Å². The van der Waals surface area contributed by atoms with E-state index in [1.54, 1.807) is 36.4 Å². The maximum atomic E-state index is 13.7. The Kier molecular flexibility index (Phi) is 12.0. The lowest BCUT2D eigenvalue weighted by Crippen LogP contribution is -2.40. The van der Waals surface area contributed by atoms with Gasteiger partial charge in [0.05, 0.1) is 37.6 Å². The molecular weight excluding hydrogens is 690 g/mol. The minimum Gasteiger partial charge on any atom is -0.466 e. The first-order chi connectivity index (χ1) is 26.2. The van der Waals surface area contributed by atoms with Crippen molar-refractivity contribution < 1.29 is 47.7 Å². The number of fused-ring (bicyclic) bond motifs is 2. The van der Waals surface area contributed by atoms with Crippen molar-refractivity contribution in [2.45, 2.75) is 78.6 Å². The number of esters is 4. The van der Waals surface area contributed by atoms with Crippen molar-refractivity contribution >= 4 is 78.8 Å². The molecule has 0 fully saturated rings. The Balaban J connectivity index is 1.41. The average Bonchev–Trinajstić information content (AvgIpc) is 3.16. The summed E-state index contributed by atoms with van der Waals surface area (Å²) in [4.78, 5) is 79.8. The normalized spacial score (nSPS) is 12.6. The smallest absolute Gasteiger partial charge is 0.338 e. The van der Waals surface area contributed by atoms with Crippen LogP contribution in [-0.2, 0) is 28.5 Å². The summed E-state index contributed by atoms with van der Waals surface area (Å²) < 4.78 is 21.7. The summed E-state index contributed by atoms with van der Waals surface area (Å²) in [6.07, 6.45) is 5.17. The summed E-state index contributed by atoms with van der Waals surface area (Å²) in [5.74, 6) is -2.59. The van der Waals surface area contributed by atoms with E-state index in [-0.39, 0.29) is 61.3 Å². The van der Waals surface area contributed by atoms with Gasteiger partial charge in [0.15, 0.2) is 0 Å². The van der Waals surface area contributed by atoms with Gasteiger partial charge in [-0.05, 0) is 75.8 Å². The predicted molar refractivity (Wildman–Crippen MR) is 204 cm³/mol. The maximum Gasteiger partial charge on any atom is 0.338 e. The van der Waals surface area contributed by atoms with E-state index in [1.165, 1.54) is 4.90 Å². The molecule has 0 saturated carbocycles. The fourth-order valence-corrected chi connectivity index (χ4v) is 7.22. The minimum absolute atomic E-state index is 0.0110. The zero-order chi connectivity index (χ0) is 38.4. The molecule has 1 aliphatic heterocycles. The fraction of sp³-hybridized carbons (Fsp3) is 0.395. The van der Waals surface area contributed by atoms with Crippen molar-refractivity contribution in [1.82, 2.24) is 4.90 Å². The van der Waals surface area contributed by atoms with E-state index in [1.807, 2.05) is 26.0 Å². The van der Waals surface area contributed by atoms with Crippen molar-refractivity contribution in [3.05, 3.63) is 70.8 Å². The monoisotopic (exact) mass is 735 g/mol. The standard InChI is InChI=1S/C43H45NO10/c1-4-7-8-21-44-40(47)30-17-13-26-28-15-19-32(42(49)53-24-9-22-51-34(45)11-5-2)39-33(43(50)54-25-10-23-52-35(46)12-6-3)20-16-29(37(28)39)27-14-18-31(41(44)48)38(30)36(26)27/h13-20H,4-12,21-25H2,1-3H3. The molecule has 1 aliphatic rings. The number of carbonyl (C=O) groups excluding carboxylic acids is 6. The van der Waals surface area contributed by atoms with E-state index in [0.29, 0.717) is 72.4 Å². The quantitative estimate of drug-likeness (QED) is 0.0215. The molecule has 0 radical (unpaired) electrons. The van der Waals surface area contributed by atoms with Crippen LogP contribution in [0.1, 0.15) is 120 Å². The van der Waals surface area contributed by atoms with Crippen molar-refractivity contribution in [2.24, 2.45) is 0 Å². The van der Waals surface area contributed by atoms with Gasteiger partial charge >= 0.3 is 23.9 Å². The summed E-state index contributed by atoms with van der Waals surface area (Å²) in [7, 11) is 0. The highest BCUT2D eigenvalue weighted by molar-refractivity contribution is 6.39. The molecule has 11 nitrogen and oxygen atoms in total. The van der Waals surface area contributed by atoms with Gasteiger partial charge in [-0.2, -0.15) is 0 Å². The first-order valence-corrected chi connectivity index (χ1v) is 18.9. The number of rotatable bonds is 18. The van der Waals surface area contributed by atoms with Crippen LogP contribution >= 0.6 is 0 Å². The highest BCUT2D eigenvalue weighted by Gasteiger charge is 2.34. The largest absolute Gasteiger partial charge is 0.466 e. The summed E-state index contributed by atoms with van der Waals surface area (Å²) in [6.45, 7) is 6.37. The molecule has 0 atom stereocenters. The molecule has 1 heterocycles. The van der Waals surface area contributed by atoms with Gasteiger partial charge in [-0.15, -0.1) is 0 Å². The molecule has 0 N–H and O–H groups in total. The Morgan fingerprint density at radius 2 is 0.907 bits per heavy atom. The molecule has 2 amide bonds. The number of imide groups is 1. The maximum absolute atomic E-state index is 13.7. The topological polar surface area (TPSA) is 143 Å². The second kappa shape index (κ2) is 17.0. The van der Waals surface area contributed by atoms with Crippen molar-refractivity contribution in [2.75, 3.05) is 33.0 Å². The highest BCUT2D eigenvalue weighted by atomic mass is 16.6. The van der Waals surface area contributed by atoms with E-state index in [2.05, 4.69) is 6.92 Å². The molecular formula is C43H45NO10. The molecule has 0 saturated heterocycles. The van der Waals surface area contributed by atoms with Crippen LogP contribution in [0.3, 0.4) is 0 Å². The number of unbranched alkanes of at least 4 members (excludes halogenated alkanes) is 2. The summed E-state index contributed by atoms with van der Waals surface area (Å²) >= 11 is 0. The number of nitrogens with zero attached hydrogens (tertiary/aromatic N) is 1. The zero-order valence-electron chi connectivity index (χ0n) is 31.0. The molecule has 0 aromatic heterocycles. The molecule has 5 aromatic rings. The Morgan fingerprint density at radius 1 is 0.481 bits per heavy atom. The third-order valence-corrected chi connectivity index (χ3v) is 9.76. The number of carbonyl (C=O) groups is 6. The third kappa shape index (κ3) is 7.44. The zero-order valence-corrected chi connectivity index (χ0v) is 31.0. The van der Waals surface area contributed by atoms with Gasteiger partial charge in [-0.3, -0.25) is 24.1 Å². The van der Waals surface area contributed by atoms with E-state index >= 15 is 0 Å². The van der Waals surface area contributed by atoms with Gasteiger partial charge in [0, 0.05) is 54.1 Å². The number of amides is 2. The molecule has 11 heteroatoms. The molecule has 0 unspecified atom stereocenters. The van der Waals surface area contributed by atoms with Gasteiger partial charge < -0.3 is 18.9 Å². The molecule has 5 aromatic carbocycles. The van der Waals surface area contributed by atoms with Crippen LogP contribution in [0.5, 0.6) is 0 Å². The number of ether oxygens (including phenoxy) is 4. The van der Waals surface area contributed by atoms with Gasteiger partial charge in [0.1, 0.15) is 0 Å². The van der Waals surface area contributed by atoms with E-state index in [0.717, 1.165) is 46.2 Å². The highest BCUT2D eigenvalue weighted by Crippen LogP contribution is 2.45. The predicted octanol–water partition coefficient (Wildman–Crippen LogP) is 8.30. The van der Waals surface area contributed by atoms with Crippen LogP contribution in [0.15, 0.2) is 48.5 Å². The lowest BCUT2D eigenvalue weighted by Gasteiger charge is -2.28. The average molecular weight is 736 g/mol. The number of hydrogen-bond acceptors (Lipinski definition) is 10. The number of hydrogen-bond donors (Lipinski definition) is 0.